The van der Waals surface area contributed by atoms with Crippen molar-refractivity contribution >= 4 is 28.3 Å². The number of pyridine rings is 2. The van der Waals surface area contributed by atoms with Crippen molar-refractivity contribution in [2.75, 3.05) is 26.3 Å². The van der Waals surface area contributed by atoms with E-state index in [-0.39, 0.29) is 11.9 Å². The molecule has 0 unspecified atom stereocenters. The fraction of sp³-hybridized carbons (Fsp3) is 0.448. The Morgan fingerprint density at radius 2 is 2.12 bits per heavy atom. The number of likely N-dealkylation sites (tertiary alicyclic amines) is 1. The van der Waals surface area contributed by atoms with E-state index in [1.54, 1.807) is 36.1 Å². The molecule has 0 bridgehead atoms. The summed E-state index contributed by atoms with van der Waals surface area (Å²) in [5.41, 5.74) is 2.24. The summed E-state index contributed by atoms with van der Waals surface area (Å²) in [6, 6.07) is 4.93. The number of imidazole rings is 1. The molecule has 1 aliphatic carbocycles. The van der Waals surface area contributed by atoms with Crippen molar-refractivity contribution in [2.24, 2.45) is 7.05 Å². The molecule has 40 heavy (non-hydrogen) atoms. The third-order valence-corrected chi connectivity index (χ3v) is 8.81. The van der Waals surface area contributed by atoms with Crippen molar-refractivity contribution in [3.05, 3.63) is 46.9 Å². The van der Waals surface area contributed by atoms with Crippen molar-refractivity contribution in [3.63, 3.8) is 0 Å². The highest BCUT2D eigenvalue weighted by atomic mass is 19.1. The number of nitrogens with one attached hydrogen (secondary N) is 1. The lowest BCUT2D eigenvalue weighted by molar-refractivity contribution is -0.111. The van der Waals surface area contributed by atoms with Crippen LogP contribution in [-0.4, -0.2) is 62.9 Å². The molecule has 208 valence electrons. The van der Waals surface area contributed by atoms with Crippen LogP contribution in [0.3, 0.4) is 0 Å². The Morgan fingerprint density at radius 1 is 1.25 bits per heavy atom. The van der Waals surface area contributed by atoms with Crippen molar-refractivity contribution in [2.45, 2.75) is 50.2 Å². The number of carbonyl (C=O) groups is 1. The molecule has 0 radical (unpaired) electrons. The van der Waals surface area contributed by atoms with Gasteiger partial charge in [0.1, 0.15) is 18.2 Å². The number of halogens is 1. The van der Waals surface area contributed by atoms with Gasteiger partial charge in [-0.05, 0) is 44.6 Å². The topological polar surface area (TPSA) is 104 Å². The molecule has 5 heterocycles. The number of nitrogens with zero attached hydrogens (tertiary/aromatic N) is 5. The van der Waals surface area contributed by atoms with Gasteiger partial charge in [-0.25, -0.2) is 14.2 Å². The molecular weight excluding hydrogens is 515 g/mol. The van der Waals surface area contributed by atoms with Crippen LogP contribution < -0.4 is 20.5 Å². The smallest absolute Gasteiger partial charge is 0.329 e. The molecule has 1 aromatic carbocycles. The summed E-state index contributed by atoms with van der Waals surface area (Å²) >= 11 is 0. The van der Waals surface area contributed by atoms with Gasteiger partial charge in [0, 0.05) is 44.0 Å². The van der Waals surface area contributed by atoms with Gasteiger partial charge in [-0.2, -0.15) is 0 Å². The summed E-state index contributed by atoms with van der Waals surface area (Å²) in [4.78, 5) is 35.4. The van der Waals surface area contributed by atoms with Crippen molar-refractivity contribution in [3.8, 4) is 22.8 Å². The predicted octanol–water partition coefficient (Wildman–Crippen LogP) is 3.30. The van der Waals surface area contributed by atoms with E-state index in [4.69, 9.17) is 9.47 Å². The lowest BCUT2D eigenvalue weighted by Gasteiger charge is -2.41. The van der Waals surface area contributed by atoms with Gasteiger partial charge in [-0.15, -0.1) is 0 Å². The molecular formula is C29H31FN6O4. The number of fused-ring (bicyclic) bond motifs is 1. The number of hydrogen-bond donors (Lipinski definition) is 1. The summed E-state index contributed by atoms with van der Waals surface area (Å²) in [6.07, 6.45) is 9.60. The van der Waals surface area contributed by atoms with E-state index < -0.39 is 11.4 Å². The maximum absolute atomic E-state index is 15.7. The fourth-order valence-corrected chi connectivity index (χ4v) is 6.58. The average molecular weight is 547 g/mol. The Labute approximate surface area is 229 Å². The largest absolute Gasteiger partial charge is 0.490 e. The van der Waals surface area contributed by atoms with Gasteiger partial charge in [0.15, 0.2) is 0 Å². The molecule has 1 atom stereocenters. The van der Waals surface area contributed by atoms with Crippen LogP contribution >= 0.6 is 0 Å². The van der Waals surface area contributed by atoms with E-state index in [0.29, 0.717) is 52.4 Å². The first-order valence-electron chi connectivity index (χ1n) is 13.9. The molecule has 1 amide bonds. The Kier molecular flexibility index (Phi) is 5.99. The van der Waals surface area contributed by atoms with Crippen LogP contribution in [0.4, 0.5) is 4.39 Å². The van der Waals surface area contributed by atoms with Crippen molar-refractivity contribution in [1.29, 1.82) is 0 Å². The molecule has 1 saturated heterocycles. The minimum Gasteiger partial charge on any atom is -0.490 e. The molecule has 10 nitrogen and oxygen atoms in total. The minimum atomic E-state index is -0.455. The minimum absolute atomic E-state index is 0.0976. The summed E-state index contributed by atoms with van der Waals surface area (Å²) < 4.78 is 31.4. The number of aryl methyl sites for hydroxylation is 1. The Morgan fingerprint density at radius 3 is 2.88 bits per heavy atom. The number of aromatic nitrogens is 4. The highest BCUT2D eigenvalue weighted by molar-refractivity contribution is 6.09. The third kappa shape index (κ3) is 3.78. The second kappa shape index (κ2) is 9.58. The van der Waals surface area contributed by atoms with Gasteiger partial charge in [-0.1, -0.05) is 0 Å². The van der Waals surface area contributed by atoms with Gasteiger partial charge in [0.2, 0.25) is 12.3 Å². The number of carbonyl (C=O) groups excluding carboxylic acids is 1. The summed E-state index contributed by atoms with van der Waals surface area (Å²) in [5, 5.41) is 3.51. The zero-order valence-corrected chi connectivity index (χ0v) is 22.4. The van der Waals surface area contributed by atoms with Gasteiger partial charge in [-0.3, -0.25) is 23.8 Å². The lowest BCUT2D eigenvalue weighted by atomic mass is 9.77. The van der Waals surface area contributed by atoms with E-state index in [2.05, 4.69) is 20.2 Å². The first-order valence-corrected chi connectivity index (χ1v) is 13.9. The van der Waals surface area contributed by atoms with Crippen LogP contribution in [0.2, 0.25) is 0 Å². The molecule has 1 spiro atoms. The molecule has 11 heteroatoms. The molecule has 3 aliphatic rings. The molecule has 1 saturated carbocycles. The van der Waals surface area contributed by atoms with E-state index in [1.165, 1.54) is 6.07 Å². The lowest BCUT2D eigenvalue weighted by Crippen LogP contribution is -2.50. The summed E-state index contributed by atoms with van der Waals surface area (Å²) in [6.45, 7) is 2.55. The van der Waals surface area contributed by atoms with Crippen molar-refractivity contribution in [1.82, 2.24) is 29.3 Å². The van der Waals surface area contributed by atoms with E-state index in [0.717, 1.165) is 63.5 Å². The Hall–Kier alpha value is -3.99. The highest BCUT2D eigenvalue weighted by Gasteiger charge is 2.45. The molecule has 3 aromatic heterocycles. The number of amides is 1. The van der Waals surface area contributed by atoms with Gasteiger partial charge < -0.3 is 14.8 Å². The number of rotatable bonds is 8. The van der Waals surface area contributed by atoms with Crippen LogP contribution in [-0.2, 0) is 17.4 Å². The first kappa shape index (κ1) is 25.0. The van der Waals surface area contributed by atoms with Gasteiger partial charge in [0.05, 0.1) is 52.0 Å². The van der Waals surface area contributed by atoms with Crippen LogP contribution in [0, 0.1) is 5.82 Å². The summed E-state index contributed by atoms with van der Waals surface area (Å²) in [7, 11) is 1.75. The molecule has 7 rings (SSSR count). The Bertz CT molecular complexity index is 1680. The quantitative estimate of drug-likeness (QED) is 0.267. The predicted molar refractivity (Wildman–Crippen MR) is 147 cm³/mol. The monoisotopic (exact) mass is 546 g/mol. The van der Waals surface area contributed by atoms with Gasteiger partial charge in [0.25, 0.3) is 0 Å². The molecule has 2 aliphatic heterocycles. The van der Waals surface area contributed by atoms with Crippen LogP contribution in [0.15, 0.2) is 35.4 Å². The van der Waals surface area contributed by atoms with Crippen LogP contribution in [0.5, 0.6) is 11.6 Å². The van der Waals surface area contributed by atoms with E-state index in [1.807, 2.05) is 4.57 Å². The van der Waals surface area contributed by atoms with Crippen LogP contribution in [0.25, 0.3) is 33.1 Å². The SMILES string of the molecule is Cn1c(=O)n2c3c4c(c(-c5ccc(OCCCN6CCC[C@H]6NC=O)nc5)c(F)cc4ncc31)OCC21CCC1. The van der Waals surface area contributed by atoms with Crippen LogP contribution in [0.1, 0.15) is 38.5 Å². The zero-order valence-electron chi connectivity index (χ0n) is 22.4. The van der Waals surface area contributed by atoms with E-state index in [9.17, 15) is 9.59 Å². The Balaban J connectivity index is 1.18. The first-order chi connectivity index (χ1) is 19.5. The zero-order chi connectivity index (χ0) is 27.4. The normalized spacial score (nSPS) is 19.6. The number of hydrogen-bond acceptors (Lipinski definition) is 7. The molecule has 1 N–H and O–H groups in total. The van der Waals surface area contributed by atoms with Crippen molar-refractivity contribution < 1.29 is 18.7 Å². The van der Waals surface area contributed by atoms with E-state index >= 15 is 4.39 Å². The molecule has 4 aromatic rings. The highest BCUT2D eigenvalue weighted by Crippen LogP contribution is 2.48. The maximum atomic E-state index is 15.7. The third-order valence-electron chi connectivity index (χ3n) is 8.81. The maximum Gasteiger partial charge on any atom is 0.329 e. The van der Waals surface area contributed by atoms with Gasteiger partial charge >= 0.3 is 5.69 Å². The molecule has 2 fully saturated rings. The standard InChI is InChI=1S/C29H31FN6O4/c1-34-21-15-31-20-13-19(30)24(27-25(20)26(21)36(28(34)38)29(16-40-27)8-3-9-29)18-6-7-23(32-14-18)39-12-4-11-35-10-2-5-22(35)33-17-37/h6-7,13-15,17,22H,2-5,8-12,16H2,1H3,(H,33,37)/t22-/m0/s1. The number of benzene rings is 1. The second-order valence-corrected chi connectivity index (χ2v) is 11.1. The fourth-order valence-electron chi connectivity index (χ4n) is 6.58. The second-order valence-electron chi connectivity index (χ2n) is 11.1. The summed E-state index contributed by atoms with van der Waals surface area (Å²) in [5.74, 6) is 0.397. The average Bonchev–Trinajstić information content (AvgIpc) is 3.42. The number of ether oxygens (including phenoxy) is 2.